The minimum Gasteiger partial charge on any atom is -0.365 e. The van der Waals surface area contributed by atoms with Crippen molar-refractivity contribution in [3.63, 3.8) is 0 Å². The fraction of sp³-hybridized carbons (Fsp3) is 0.222. The summed E-state index contributed by atoms with van der Waals surface area (Å²) in [7, 11) is 0. The van der Waals surface area contributed by atoms with Crippen molar-refractivity contribution in [1.82, 2.24) is 4.98 Å². The monoisotopic (exact) mass is 182 g/mol. The third-order valence-electron chi connectivity index (χ3n) is 1.37. The first-order chi connectivity index (χ1) is 5.68. The molecule has 0 saturated heterocycles. The first kappa shape index (κ1) is 9.07. The maximum atomic E-state index is 5.57. The van der Waals surface area contributed by atoms with E-state index in [2.05, 4.69) is 16.9 Å². The van der Waals surface area contributed by atoms with Gasteiger partial charge in [-0.15, -0.1) is 0 Å². The molecule has 0 bridgehead atoms. The Kier molecular flexibility index (Phi) is 3.11. The topological polar surface area (TPSA) is 24.9 Å². The second-order valence-corrected chi connectivity index (χ2v) is 3.13. The Morgan fingerprint density at radius 1 is 1.67 bits per heavy atom. The number of hydrogen-bond acceptors (Lipinski definition) is 2. The minimum absolute atomic E-state index is 0.553. The van der Waals surface area contributed by atoms with E-state index in [1.807, 2.05) is 19.1 Å². The Balaban J connectivity index is 2.53. The van der Waals surface area contributed by atoms with Gasteiger partial charge in [0.25, 0.3) is 0 Å². The van der Waals surface area contributed by atoms with Crippen LogP contribution in [0.4, 0.5) is 5.82 Å². The van der Waals surface area contributed by atoms with Crippen LogP contribution in [-0.4, -0.2) is 11.5 Å². The second kappa shape index (κ2) is 4.12. The summed E-state index contributed by atoms with van der Waals surface area (Å²) < 4.78 is 0. The SMILES string of the molecule is C=C(Cl)CNc1ccc(C)cn1. The van der Waals surface area contributed by atoms with Crippen LogP contribution < -0.4 is 5.32 Å². The van der Waals surface area contributed by atoms with Crippen LogP contribution >= 0.6 is 11.6 Å². The van der Waals surface area contributed by atoms with Gasteiger partial charge >= 0.3 is 0 Å². The maximum Gasteiger partial charge on any atom is 0.126 e. The predicted molar refractivity (Wildman–Crippen MR) is 52.5 cm³/mol. The molecule has 0 amide bonds. The van der Waals surface area contributed by atoms with Gasteiger partial charge in [0.2, 0.25) is 0 Å². The van der Waals surface area contributed by atoms with Gasteiger partial charge < -0.3 is 5.32 Å². The number of nitrogens with one attached hydrogen (secondary N) is 1. The number of rotatable bonds is 3. The van der Waals surface area contributed by atoms with Crippen molar-refractivity contribution in [2.45, 2.75) is 6.92 Å². The zero-order valence-electron chi connectivity index (χ0n) is 6.97. The lowest BCUT2D eigenvalue weighted by Gasteiger charge is -2.03. The average molecular weight is 183 g/mol. The van der Waals surface area contributed by atoms with E-state index < -0.39 is 0 Å². The van der Waals surface area contributed by atoms with E-state index in [0.29, 0.717) is 11.6 Å². The predicted octanol–water partition coefficient (Wildman–Crippen LogP) is 2.55. The molecule has 0 aliphatic carbocycles. The summed E-state index contributed by atoms with van der Waals surface area (Å²) in [6.07, 6.45) is 1.80. The van der Waals surface area contributed by atoms with Crippen LogP contribution in [0.3, 0.4) is 0 Å². The first-order valence-electron chi connectivity index (χ1n) is 3.68. The molecular formula is C9H11ClN2. The van der Waals surface area contributed by atoms with Crippen molar-refractivity contribution in [2.75, 3.05) is 11.9 Å². The molecular weight excluding hydrogens is 172 g/mol. The van der Waals surface area contributed by atoms with Gasteiger partial charge in [-0.1, -0.05) is 24.2 Å². The van der Waals surface area contributed by atoms with Gasteiger partial charge in [0.05, 0.1) is 6.54 Å². The van der Waals surface area contributed by atoms with Crippen molar-refractivity contribution in [1.29, 1.82) is 0 Å². The summed E-state index contributed by atoms with van der Waals surface area (Å²) >= 11 is 5.57. The summed E-state index contributed by atoms with van der Waals surface area (Å²) in [6, 6.07) is 3.90. The van der Waals surface area contributed by atoms with Crippen LogP contribution in [0.15, 0.2) is 29.9 Å². The Hall–Kier alpha value is -1.02. The van der Waals surface area contributed by atoms with Gasteiger partial charge in [0, 0.05) is 11.2 Å². The lowest BCUT2D eigenvalue weighted by atomic mass is 10.3. The number of pyridine rings is 1. The van der Waals surface area contributed by atoms with E-state index in [0.717, 1.165) is 11.4 Å². The van der Waals surface area contributed by atoms with Crippen LogP contribution in [0.1, 0.15) is 5.56 Å². The molecule has 0 aliphatic heterocycles. The van der Waals surface area contributed by atoms with Gasteiger partial charge in [-0.3, -0.25) is 0 Å². The molecule has 1 aromatic heterocycles. The molecule has 1 aromatic rings. The summed E-state index contributed by atoms with van der Waals surface area (Å²) in [5.74, 6) is 0.822. The lowest BCUT2D eigenvalue weighted by Crippen LogP contribution is -2.02. The summed E-state index contributed by atoms with van der Waals surface area (Å²) in [4.78, 5) is 4.14. The molecule has 12 heavy (non-hydrogen) atoms. The Morgan fingerprint density at radius 3 is 2.92 bits per heavy atom. The average Bonchev–Trinajstić information content (AvgIpc) is 2.03. The van der Waals surface area contributed by atoms with Crippen LogP contribution in [-0.2, 0) is 0 Å². The molecule has 0 atom stereocenters. The van der Waals surface area contributed by atoms with E-state index in [1.54, 1.807) is 6.20 Å². The number of hydrogen-bond donors (Lipinski definition) is 1. The van der Waals surface area contributed by atoms with Crippen molar-refractivity contribution in [3.8, 4) is 0 Å². The molecule has 0 radical (unpaired) electrons. The lowest BCUT2D eigenvalue weighted by molar-refractivity contribution is 1.20. The molecule has 1 N–H and O–H groups in total. The number of anilines is 1. The van der Waals surface area contributed by atoms with Gasteiger partial charge in [-0.25, -0.2) is 4.98 Å². The Labute approximate surface area is 77.3 Å². The van der Waals surface area contributed by atoms with Crippen LogP contribution in [0.25, 0.3) is 0 Å². The highest BCUT2D eigenvalue weighted by Gasteiger charge is 1.92. The highest BCUT2D eigenvalue weighted by Crippen LogP contribution is 2.05. The third kappa shape index (κ3) is 2.93. The van der Waals surface area contributed by atoms with Crippen molar-refractivity contribution in [3.05, 3.63) is 35.5 Å². The number of aryl methyl sites for hydroxylation is 1. The summed E-state index contributed by atoms with van der Waals surface area (Å²) in [5, 5.41) is 3.61. The normalized spacial score (nSPS) is 9.50. The maximum absolute atomic E-state index is 5.57. The molecule has 0 aliphatic rings. The highest BCUT2D eigenvalue weighted by molar-refractivity contribution is 6.29. The molecule has 1 heterocycles. The first-order valence-corrected chi connectivity index (χ1v) is 4.06. The second-order valence-electron chi connectivity index (χ2n) is 2.59. The molecule has 0 spiro atoms. The van der Waals surface area contributed by atoms with Gasteiger partial charge in [-0.05, 0) is 18.6 Å². The van der Waals surface area contributed by atoms with E-state index in [1.165, 1.54) is 0 Å². The molecule has 0 fully saturated rings. The molecule has 0 aromatic carbocycles. The molecule has 1 rings (SSSR count). The largest absolute Gasteiger partial charge is 0.365 e. The third-order valence-corrected chi connectivity index (χ3v) is 1.51. The standard InChI is InChI=1S/C9H11ClN2/c1-7-3-4-9(11-5-7)12-6-8(2)10/h3-5H,2,6H2,1H3,(H,11,12). The van der Waals surface area contributed by atoms with Crippen molar-refractivity contribution < 1.29 is 0 Å². The smallest absolute Gasteiger partial charge is 0.126 e. The van der Waals surface area contributed by atoms with Crippen LogP contribution in [0.2, 0.25) is 0 Å². The van der Waals surface area contributed by atoms with Crippen molar-refractivity contribution in [2.24, 2.45) is 0 Å². The van der Waals surface area contributed by atoms with E-state index in [-0.39, 0.29) is 0 Å². The Morgan fingerprint density at radius 2 is 2.42 bits per heavy atom. The highest BCUT2D eigenvalue weighted by atomic mass is 35.5. The molecule has 2 nitrogen and oxygen atoms in total. The van der Waals surface area contributed by atoms with Crippen molar-refractivity contribution >= 4 is 17.4 Å². The quantitative estimate of drug-likeness (QED) is 0.777. The molecule has 64 valence electrons. The molecule has 0 saturated carbocycles. The number of halogens is 1. The zero-order chi connectivity index (χ0) is 8.97. The molecule has 0 unspecified atom stereocenters. The van der Waals surface area contributed by atoms with Crippen LogP contribution in [0.5, 0.6) is 0 Å². The zero-order valence-corrected chi connectivity index (χ0v) is 7.73. The number of nitrogens with zero attached hydrogens (tertiary/aromatic N) is 1. The van der Waals surface area contributed by atoms with E-state index in [9.17, 15) is 0 Å². The minimum atomic E-state index is 0.553. The van der Waals surface area contributed by atoms with E-state index in [4.69, 9.17) is 11.6 Å². The van der Waals surface area contributed by atoms with Gasteiger partial charge in [-0.2, -0.15) is 0 Å². The van der Waals surface area contributed by atoms with Gasteiger partial charge in [0.15, 0.2) is 0 Å². The summed E-state index contributed by atoms with van der Waals surface area (Å²) in [5.41, 5.74) is 1.14. The van der Waals surface area contributed by atoms with Gasteiger partial charge in [0.1, 0.15) is 5.82 Å². The Bertz CT molecular complexity index is 266. The van der Waals surface area contributed by atoms with E-state index >= 15 is 0 Å². The fourth-order valence-electron chi connectivity index (χ4n) is 0.759. The summed E-state index contributed by atoms with van der Waals surface area (Å²) in [6.45, 7) is 6.11. The molecule has 3 heteroatoms. The number of aromatic nitrogens is 1. The fourth-order valence-corrected chi connectivity index (χ4v) is 0.826. The van der Waals surface area contributed by atoms with Crippen LogP contribution in [0, 0.1) is 6.92 Å².